The van der Waals surface area contributed by atoms with Gasteiger partial charge in [-0.05, 0) is 84.9 Å². The second-order valence-electron chi connectivity index (χ2n) is 8.10. The van der Waals surface area contributed by atoms with Crippen molar-refractivity contribution in [1.29, 1.82) is 0 Å². The second-order valence-corrected chi connectivity index (χ2v) is 8.10. The number of carbonyl (C=O) groups is 2. The van der Waals surface area contributed by atoms with Crippen molar-refractivity contribution in [3.8, 4) is 5.75 Å². The third-order valence-corrected chi connectivity index (χ3v) is 6.31. The van der Waals surface area contributed by atoms with Crippen LogP contribution in [0.2, 0.25) is 0 Å². The molecule has 1 N–H and O–H groups in total. The average Bonchev–Trinajstić information content (AvgIpc) is 3.49. The van der Waals surface area contributed by atoms with E-state index in [1.54, 1.807) is 37.5 Å². The molecule has 2 aliphatic rings. The topological polar surface area (TPSA) is 72.8 Å². The Morgan fingerprint density at radius 3 is 2.13 bits per heavy atom. The van der Waals surface area contributed by atoms with Crippen molar-refractivity contribution in [2.45, 2.75) is 37.7 Å². The summed E-state index contributed by atoms with van der Waals surface area (Å²) in [7, 11) is 1.60. The number of rotatable bonds is 6. The lowest BCUT2D eigenvalue weighted by atomic mass is 10.0. The lowest BCUT2D eigenvalue weighted by Crippen LogP contribution is -2.18. The Labute approximate surface area is 176 Å². The number of carbonyl (C=O) groups excluding carboxylic acids is 1. The number of fused-ring (bicyclic) bond motifs is 1. The molecule has 0 spiro atoms. The van der Waals surface area contributed by atoms with Crippen LogP contribution in [0.5, 0.6) is 5.75 Å². The number of esters is 1. The Hall–Kier alpha value is -3.08. The molecule has 4 rings (SSSR count). The van der Waals surface area contributed by atoms with Gasteiger partial charge in [0.1, 0.15) is 11.9 Å². The van der Waals surface area contributed by atoms with Crippen LogP contribution in [0.25, 0.3) is 6.08 Å². The number of carboxylic acid groups (broad SMARTS) is 1. The van der Waals surface area contributed by atoms with Crippen LogP contribution in [0, 0.1) is 11.8 Å². The monoisotopic (exact) mass is 406 g/mol. The number of hydrogen-bond donors (Lipinski definition) is 1. The van der Waals surface area contributed by atoms with Crippen LogP contribution in [0.15, 0.2) is 54.6 Å². The van der Waals surface area contributed by atoms with Gasteiger partial charge < -0.3 is 14.6 Å². The highest BCUT2D eigenvalue weighted by atomic mass is 16.5. The van der Waals surface area contributed by atoms with Gasteiger partial charge >= 0.3 is 11.9 Å². The van der Waals surface area contributed by atoms with Crippen molar-refractivity contribution in [3.05, 3.63) is 71.3 Å². The van der Waals surface area contributed by atoms with Gasteiger partial charge in [0.15, 0.2) is 0 Å². The first-order valence-electron chi connectivity index (χ1n) is 10.4. The predicted octanol–water partition coefficient (Wildman–Crippen LogP) is 4.92. The molecule has 5 nitrogen and oxygen atoms in total. The molecule has 30 heavy (non-hydrogen) atoms. The van der Waals surface area contributed by atoms with Gasteiger partial charge in [-0.3, -0.25) is 0 Å². The summed E-state index contributed by atoms with van der Waals surface area (Å²) in [5, 5.41) is 8.73. The molecule has 156 valence electrons. The van der Waals surface area contributed by atoms with Gasteiger partial charge in [-0.2, -0.15) is 0 Å². The zero-order valence-corrected chi connectivity index (χ0v) is 17.0. The Balaban J connectivity index is 1.30. The number of methoxy groups -OCH3 is 1. The molecule has 2 atom stereocenters. The van der Waals surface area contributed by atoms with E-state index >= 15 is 0 Å². The lowest BCUT2D eigenvalue weighted by Gasteiger charge is -2.17. The number of aliphatic carboxylic acids is 1. The molecule has 0 aromatic heterocycles. The van der Waals surface area contributed by atoms with E-state index in [9.17, 15) is 9.59 Å². The van der Waals surface area contributed by atoms with E-state index in [0.29, 0.717) is 23.3 Å². The molecule has 2 fully saturated rings. The first-order chi connectivity index (χ1) is 14.5. The molecule has 2 aromatic rings. The van der Waals surface area contributed by atoms with E-state index in [1.165, 1.54) is 5.56 Å². The maximum Gasteiger partial charge on any atom is 0.338 e. The molecule has 0 bridgehead atoms. The molecule has 2 aliphatic carbocycles. The molecule has 0 amide bonds. The maximum atomic E-state index is 12.4. The molecule has 2 aromatic carbocycles. The highest BCUT2D eigenvalue weighted by molar-refractivity contribution is 5.89. The molecular formula is C25H26O5. The summed E-state index contributed by atoms with van der Waals surface area (Å²) in [5.41, 5.74) is 2.78. The normalized spacial score (nSPS) is 25.2. The fourth-order valence-corrected chi connectivity index (χ4v) is 4.69. The Bertz CT molecular complexity index is 915. The molecule has 2 saturated carbocycles. The smallest absolute Gasteiger partial charge is 0.338 e. The number of carboxylic acids is 1. The van der Waals surface area contributed by atoms with Gasteiger partial charge in [-0.15, -0.1) is 0 Å². The number of hydrogen-bond acceptors (Lipinski definition) is 4. The van der Waals surface area contributed by atoms with Gasteiger partial charge in [-0.25, -0.2) is 9.59 Å². The fourth-order valence-electron chi connectivity index (χ4n) is 4.69. The van der Waals surface area contributed by atoms with Crippen molar-refractivity contribution in [3.63, 3.8) is 0 Å². The molecule has 0 radical (unpaired) electrons. The predicted molar refractivity (Wildman–Crippen MR) is 113 cm³/mol. The largest absolute Gasteiger partial charge is 0.497 e. The molecule has 2 unspecified atom stereocenters. The summed E-state index contributed by atoms with van der Waals surface area (Å²) in [4.78, 5) is 23.1. The highest BCUT2D eigenvalue weighted by Gasteiger charge is 2.51. The van der Waals surface area contributed by atoms with Crippen molar-refractivity contribution >= 4 is 18.0 Å². The minimum absolute atomic E-state index is 0.0171. The third-order valence-electron chi connectivity index (χ3n) is 6.31. The average molecular weight is 406 g/mol. The van der Waals surface area contributed by atoms with Gasteiger partial charge in [0.25, 0.3) is 0 Å². The van der Waals surface area contributed by atoms with Crippen LogP contribution < -0.4 is 4.74 Å². The quantitative estimate of drug-likeness (QED) is 0.544. The zero-order chi connectivity index (χ0) is 21.1. The Kier molecular flexibility index (Phi) is 5.88. The third kappa shape index (κ3) is 4.56. The van der Waals surface area contributed by atoms with Crippen LogP contribution in [0.3, 0.4) is 0 Å². The first kappa shape index (κ1) is 20.2. The lowest BCUT2D eigenvalue weighted by molar-refractivity contribution is -0.131. The molecule has 0 saturated heterocycles. The van der Waals surface area contributed by atoms with E-state index in [2.05, 4.69) is 12.1 Å². The summed E-state index contributed by atoms with van der Waals surface area (Å²) in [6, 6.07) is 15.2. The zero-order valence-electron chi connectivity index (χ0n) is 17.0. The molecule has 0 heterocycles. The summed E-state index contributed by atoms with van der Waals surface area (Å²) in [6.45, 7) is 0. The van der Waals surface area contributed by atoms with Gasteiger partial charge in [0, 0.05) is 6.08 Å². The van der Waals surface area contributed by atoms with Crippen LogP contribution in [0.1, 0.15) is 53.1 Å². The molecule has 0 aliphatic heterocycles. The first-order valence-corrected chi connectivity index (χ1v) is 10.4. The Morgan fingerprint density at radius 1 is 0.933 bits per heavy atom. The standard InChI is InChI=1S/C25H26O5/c1-29-19-9-7-18(8-10-19)25(28)30-20-11-13-21-22(14-12-20)24(21)17-5-2-16(3-6-17)4-15-23(26)27/h2-10,15,20-22,24H,11-14H2,1H3,(H,26,27)/b15-4+. The van der Waals surface area contributed by atoms with Gasteiger partial charge in [0.05, 0.1) is 12.7 Å². The van der Waals surface area contributed by atoms with Crippen LogP contribution >= 0.6 is 0 Å². The maximum absolute atomic E-state index is 12.4. The van der Waals surface area contributed by atoms with E-state index in [-0.39, 0.29) is 12.1 Å². The summed E-state index contributed by atoms with van der Waals surface area (Å²) in [6.07, 6.45) is 6.68. The summed E-state index contributed by atoms with van der Waals surface area (Å²) in [5.74, 6) is 1.38. The Morgan fingerprint density at radius 2 is 1.57 bits per heavy atom. The van der Waals surface area contributed by atoms with E-state index < -0.39 is 5.97 Å². The minimum Gasteiger partial charge on any atom is -0.497 e. The molecule has 5 heteroatoms. The fraction of sp³-hybridized carbons (Fsp3) is 0.360. The summed E-state index contributed by atoms with van der Waals surface area (Å²) >= 11 is 0. The van der Waals surface area contributed by atoms with Crippen molar-refractivity contribution in [2.75, 3.05) is 7.11 Å². The van der Waals surface area contributed by atoms with E-state index in [4.69, 9.17) is 14.6 Å². The van der Waals surface area contributed by atoms with E-state index in [1.807, 2.05) is 12.1 Å². The number of ether oxygens (including phenoxy) is 2. The SMILES string of the molecule is COc1ccc(C(=O)OC2CCC3C(CC2)C3c2ccc(/C=C/C(=O)O)cc2)cc1. The van der Waals surface area contributed by atoms with Gasteiger partial charge in [0.2, 0.25) is 0 Å². The van der Waals surface area contributed by atoms with Crippen molar-refractivity contribution in [1.82, 2.24) is 0 Å². The molecular weight excluding hydrogens is 380 g/mol. The van der Waals surface area contributed by atoms with Crippen molar-refractivity contribution < 1.29 is 24.2 Å². The van der Waals surface area contributed by atoms with Crippen LogP contribution in [-0.4, -0.2) is 30.3 Å². The van der Waals surface area contributed by atoms with Crippen LogP contribution in [0.4, 0.5) is 0 Å². The van der Waals surface area contributed by atoms with Crippen LogP contribution in [-0.2, 0) is 9.53 Å². The minimum atomic E-state index is -0.939. The highest BCUT2D eigenvalue weighted by Crippen LogP contribution is 2.60. The second kappa shape index (κ2) is 8.74. The number of benzene rings is 2. The summed E-state index contributed by atoms with van der Waals surface area (Å²) < 4.78 is 10.9. The van der Waals surface area contributed by atoms with E-state index in [0.717, 1.165) is 43.1 Å². The van der Waals surface area contributed by atoms with Crippen molar-refractivity contribution in [2.24, 2.45) is 11.8 Å². The van der Waals surface area contributed by atoms with Gasteiger partial charge in [-0.1, -0.05) is 24.3 Å².